The molecule has 0 aliphatic heterocycles. The molecule has 0 aliphatic rings. The molecule has 142 valence electrons. The van der Waals surface area contributed by atoms with Crippen LogP contribution in [0.25, 0.3) is 5.52 Å². The van der Waals surface area contributed by atoms with Crippen LogP contribution in [0.1, 0.15) is 21.5 Å². The van der Waals surface area contributed by atoms with Gasteiger partial charge in [0.15, 0.2) is 0 Å². The number of hydrogen-bond acceptors (Lipinski definition) is 5. The minimum atomic E-state index is -0.542. The number of carbonyl (C=O) groups is 1. The van der Waals surface area contributed by atoms with Crippen molar-refractivity contribution in [2.45, 2.75) is 6.92 Å². The molecule has 2 aromatic carbocycles. The van der Waals surface area contributed by atoms with Gasteiger partial charge >= 0.3 is 0 Å². The summed E-state index contributed by atoms with van der Waals surface area (Å²) < 4.78 is 7.35. The van der Waals surface area contributed by atoms with E-state index in [1.807, 2.05) is 54.6 Å². The van der Waals surface area contributed by atoms with Gasteiger partial charge in [-0.1, -0.05) is 18.2 Å². The number of nitrogens with two attached hydrogens (primary N) is 1. The zero-order chi connectivity index (χ0) is 20.4. The van der Waals surface area contributed by atoms with Gasteiger partial charge in [0.05, 0.1) is 28.5 Å². The van der Waals surface area contributed by atoms with Crippen LogP contribution in [-0.4, -0.2) is 15.5 Å². The van der Waals surface area contributed by atoms with E-state index < -0.39 is 5.91 Å². The average molecular weight is 383 g/mol. The summed E-state index contributed by atoms with van der Waals surface area (Å²) >= 11 is 0. The SMILES string of the molecule is Cc1c(C(N)=O)cn2ncc(C#N)c(Nc3ccc(Oc4ccccc4)cc3)c12. The van der Waals surface area contributed by atoms with Crippen LogP contribution in [0, 0.1) is 18.3 Å². The van der Waals surface area contributed by atoms with E-state index in [1.54, 1.807) is 17.6 Å². The summed E-state index contributed by atoms with van der Waals surface area (Å²) in [5.41, 5.74) is 8.78. The second kappa shape index (κ2) is 7.37. The van der Waals surface area contributed by atoms with Gasteiger partial charge in [-0.3, -0.25) is 4.79 Å². The Bertz CT molecular complexity index is 1240. The summed E-state index contributed by atoms with van der Waals surface area (Å²) in [5, 5.41) is 17.0. The predicted octanol–water partition coefficient (Wildman–Crippen LogP) is 4.15. The Kier molecular flexibility index (Phi) is 4.59. The number of nitrogens with one attached hydrogen (secondary N) is 1. The van der Waals surface area contributed by atoms with Crippen molar-refractivity contribution in [2.75, 3.05) is 5.32 Å². The number of anilines is 2. The van der Waals surface area contributed by atoms with E-state index in [0.29, 0.717) is 33.6 Å². The maximum Gasteiger partial charge on any atom is 0.250 e. The summed E-state index contributed by atoms with van der Waals surface area (Å²) in [6.45, 7) is 1.78. The van der Waals surface area contributed by atoms with Crippen molar-refractivity contribution >= 4 is 22.8 Å². The fourth-order valence-corrected chi connectivity index (χ4v) is 3.12. The molecule has 0 aliphatic carbocycles. The molecule has 7 nitrogen and oxygen atoms in total. The lowest BCUT2D eigenvalue weighted by molar-refractivity contribution is 0.1000. The van der Waals surface area contributed by atoms with Crippen molar-refractivity contribution in [2.24, 2.45) is 5.73 Å². The molecule has 0 radical (unpaired) electrons. The zero-order valence-corrected chi connectivity index (χ0v) is 15.6. The van der Waals surface area contributed by atoms with E-state index in [9.17, 15) is 10.1 Å². The third-order valence-corrected chi connectivity index (χ3v) is 4.55. The Hall–Kier alpha value is -4.31. The van der Waals surface area contributed by atoms with E-state index in [2.05, 4.69) is 16.5 Å². The highest BCUT2D eigenvalue weighted by atomic mass is 16.5. The van der Waals surface area contributed by atoms with Crippen molar-refractivity contribution in [3.63, 3.8) is 0 Å². The number of amides is 1. The van der Waals surface area contributed by atoms with Gasteiger partial charge in [0.25, 0.3) is 5.91 Å². The van der Waals surface area contributed by atoms with Gasteiger partial charge in [0.2, 0.25) is 0 Å². The number of fused-ring (bicyclic) bond motifs is 1. The highest BCUT2D eigenvalue weighted by Gasteiger charge is 2.18. The number of nitrogens with zero attached hydrogens (tertiary/aromatic N) is 3. The second-order valence-corrected chi connectivity index (χ2v) is 6.43. The lowest BCUT2D eigenvalue weighted by Gasteiger charge is -2.12. The molecular formula is C22H17N5O2. The fourth-order valence-electron chi connectivity index (χ4n) is 3.12. The number of ether oxygens (including phenoxy) is 1. The Morgan fingerprint density at radius 1 is 1.14 bits per heavy atom. The number of hydrogen-bond donors (Lipinski definition) is 2. The van der Waals surface area contributed by atoms with Crippen molar-refractivity contribution in [3.8, 4) is 17.6 Å². The van der Waals surface area contributed by atoms with Crippen LogP contribution in [0.2, 0.25) is 0 Å². The Morgan fingerprint density at radius 3 is 2.48 bits per heavy atom. The van der Waals surface area contributed by atoms with Gasteiger partial charge in [-0.15, -0.1) is 0 Å². The standard InChI is InChI=1S/C22H17N5O2/c1-14-19(22(24)28)13-27-21(14)20(15(11-23)12-25-27)26-16-7-9-18(10-8-16)29-17-5-3-2-4-6-17/h2-10,12-13,26H,1H3,(H2,24,28). The molecule has 0 fully saturated rings. The lowest BCUT2D eigenvalue weighted by atomic mass is 10.1. The highest BCUT2D eigenvalue weighted by Crippen LogP contribution is 2.31. The Labute approximate surface area is 167 Å². The number of primary amides is 1. The molecule has 7 heteroatoms. The first-order valence-corrected chi connectivity index (χ1v) is 8.87. The number of benzene rings is 2. The first kappa shape index (κ1) is 18.1. The minimum absolute atomic E-state index is 0.360. The first-order valence-electron chi connectivity index (χ1n) is 8.87. The van der Waals surface area contributed by atoms with Crippen molar-refractivity contribution in [3.05, 3.63) is 83.7 Å². The molecule has 0 unspecified atom stereocenters. The molecule has 2 aromatic heterocycles. The van der Waals surface area contributed by atoms with Crippen LogP contribution < -0.4 is 15.8 Å². The summed E-state index contributed by atoms with van der Waals surface area (Å²) in [6.07, 6.45) is 3.02. The van der Waals surface area contributed by atoms with E-state index >= 15 is 0 Å². The van der Waals surface area contributed by atoms with Gasteiger partial charge in [0, 0.05) is 11.9 Å². The van der Waals surface area contributed by atoms with Crippen LogP contribution in [0.3, 0.4) is 0 Å². The molecule has 29 heavy (non-hydrogen) atoms. The van der Waals surface area contributed by atoms with E-state index in [4.69, 9.17) is 10.5 Å². The van der Waals surface area contributed by atoms with Crippen LogP contribution in [0.5, 0.6) is 11.5 Å². The highest BCUT2D eigenvalue weighted by molar-refractivity contribution is 5.99. The van der Waals surface area contributed by atoms with Gasteiger partial charge < -0.3 is 15.8 Å². The van der Waals surface area contributed by atoms with Gasteiger partial charge in [-0.05, 0) is 48.9 Å². The maximum absolute atomic E-state index is 11.7. The molecule has 0 saturated carbocycles. The molecule has 0 atom stereocenters. The van der Waals surface area contributed by atoms with Gasteiger partial charge in [-0.2, -0.15) is 10.4 Å². The maximum atomic E-state index is 11.7. The quantitative estimate of drug-likeness (QED) is 0.538. The van der Waals surface area contributed by atoms with E-state index in [0.717, 1.165) is 11.4 Å². The lowest BCUT2D eigenvalue weighted by Crippen LogP contribution is -2.10. The van der Waals surface area contributed by atoms with E-state index in [1.165, 1.54) is 6.20 Å². The number of nitriles is 1. The van der Waals surface area contributed by atoms with Crippen LogP contribution in [-0.2, 0) is 0 Å². The fraction of sp³-hybridized carbons (Fsp3) is 0.0455. The number of para-hydroxylation sites is 1. The molecule has 2 heterocycles. The molecular weight excluding hydrogens is 366 g/mol. The number of carbonyl (C=O) groups excluding carboxylic acids is 1. The molecule has 4 aromatic rings. The topological polar surface area (TPSA) is 105 Å². The van der Waals surface area contributed by atoms with Crippen molar-refractivity contribution in [1.29, 1.82) is 5.26 Å². The normalized spacial score (nSPS) is 10.5. The number of rotatable bonds is 5. The second-order valence-electron chi connectivity index (χ2n) is 6.43. The molecule has 0 bridgehead atoms. The third-order valence-electron chi connectivity index (χ3n) is 4.55. The monoisotopic (exact) mass is 383 g/mol. The Morgan fingerprint density at radius 2 is 1.83 bits per heavy atom. The third kappa shape index (κ3) is 3.47. The molecule has 1 amide bonds. The smallest absolute Gasteiger partial charge is 0.250 e. The molecule has 0 saturated heterocycles. The van der Waals surface area contributed by atoms with Crippen LogP contribution in [0.15, 0.2) is 67.0 Å². The predicted molar refractivity (Wildman–Crippen MR) is 109 cm³/mol. The number of aromatic nitrogens is 2. The minimum Gasteiger partial charge on any atom is -0.457 e. The van der Waals surface area contributed by atoms with Crippen LogP contribution >= 0.6 is 0 Å². The largest absolute Gasteiger partial charge is 0.457 e. The van der Waals surface area contributed by atoms with Gasteiger partial charge in [0.1, 0.15) is 17.6 Å². The van der Waals surface area contributed by atoms with Crippen LogP contribution in [0.4, 0.5) is 11.4 Å². The summed E-state index contributed by atoms with van der Waals surface area (Å²) in [6, 6.07) is 19.0. The average Bonchev–Trinajstić information content (AvgIpc) is 3.08. The van der Waals surface area contributed by atoms with E-state index in [-0.39, 0.29) is 0 Å². The molecule has 3 N–H and O–H groups in total. The number of aryl methyl sites for hydroxylation is 1. The summed E-state index contributed by atoms with van der Waals surface area (Å²) in [5.74, 6) is 0.899. The summed E-state index contributed by atoms with van der Waals surface area (Å²) in [4.78, 5) is 11.7. The zero-order valence-electron chi connectivity index (χ0n) is 15.6. The van der Waals surface area contributed by atoms with Crippen molar-refractivity contribution in [1.82, 2.24) is 9.61 Å². The molecule has 0 spiro atoms. The van der Waals surface area contributed by atoms with Gasteiger partial charge in [-0.25, -0.2) is 4.52 Å². The molecule has 4 rings (SSSR count). The van der Waals surface area contributed by atoms with Crippen molar-refractivity contribution < 1.29 is 9.53 Å². The Balaban J connectivity index is 1.68. The first-order chi connectivity index (χ1) is 14.1. The summed E-state index contributed by atoms with van der Waals surface area (Å²) in [7, 11) is 0.